The molecule has 104 valence electrons. The van der Waals surface area contributed by atoms with Crippen LogP contribution in [-0.2, 0) is 12.8 Å². The van der Waals surface area contributed by atoms with Crippen molar-refractivity contribution >= 4 is 10.9 Å². The lowest BCUT2D eigenvalue weighted by atomic mass is 9.98. The fourth-order valence-electron chi connectivity index (χ4n) is 3.19. The van der Waals surface area contributed by atoms with E-state index in [0.29, 0.717) is 0 Å². The van der Waals surface area contributed by atoms with Gasteiger partial charge in [-0.3, -0.25) is 4.98 Å². The van der Waals surface area contributed by atoms with Gasteiger partial charge in [0.15, 0.2) is 0 Å². The Morgan fingerprint density at radius 1 is 0.905 bits per heavy atom. The maximum atomic E-state index is 10.6. The summed E-state index contributed by atoms with van der Waals surface area (Å²) in [5.41, 5.74) is 5.60. The van der Waals surface area contributed by atoms with E-state index in [-0.39, 0.29) is 0 Å². The molecule has 1 heterocycles. The molecule has 1 aliphatic carbocycles. The van der Waals surface area contributed by atoms with E-state index in [1.54, 1.807) is 6.20 Å². The number of fused-ring (bicyclic) bond motifs is 2. The Hall–Kier alpha value is -2.19. The van der Waals surface area contributed by atoms with Crippen molar-refractivity contribution in [2.24, 2.45) is 0 Å². The second-order valence-corrected chi connectivity index (χ2v) is 5.75. The first-order chi connectivity index (χ1) is 10.3. The molecule has 0 aliphatic heterocycles. The SMILES string of the molecule is OC(c1ccc2c(c1)CCC2)c1cnc2ccccc2c1. The van der Waals surface area contributed by atoms with E-state index in [4.69, 9.17) is 0 Å². The molecule has 2 heteroatoms. The van der Waals surface area contributed by atoms with E-state index in [0.717, 1.165) is 28.5 Å². The summed E-state index contributed by atoms with van der Waals surface area (Å²) < 4.78 is 0. The van der Waals surface area contributed by atoms with Crippen LogP contribution in [0.5, 0.6) is 0 Å². The summed E-state index contributed by atoms with van der Waals surface area (Å²) in [5.74, 6) is 0. The minimum atomic E-state index is -0.604. The zero-order valence-electron chi connectivity index (χ0n) is 11.8. The zero-order chi connectivity index (χ0) is 14.2. The van der Waals surface area contributed by atoms with Gasteiger partial charge in [-0.15, -0.1) is 0 Å². The van der Waals surface area contributed by atoms with Gasteiger partial charge in [0.25, 0.3) is 0 Å². The minimum absolute atomic E-state index is 0.604. The molecule has 1 unspecified atom stereocenters. The highest BCUT2D eigenvalue weighted by Crippen LogP contribution is 2.29. The van der Waals surface area contributed by atoms with Crippen LogP contribution in [-0.4, -0.2) is 10.1 Å². The molecule has 1 N–H and O–H groups in total. The normalized spacial score (nSPS) is 15.1. The lowest BCUT2D eigenvalue weighted by molar-refractivity contribution is 0.220. The summed E-state index contributed by atoms with van der Waals surface area (Å²) in [5, 5.41) is 11.7. The van der Waals surface area contributed by atoms with Crippen LogP contribution in [0.3, 0.4) is 0 Å². The van der Waals surface area contributed by atoms with Crippen LogP contribution >= 0.6 is 0 Å². The number of nitrogens with zero attached hydrogens (tertiary/aromatic N) is 1. The molecular weight excluding hydrogens is 258 g/mol. The quantitative estimate of drug-likeness (QED) is 0.771. The van der Waals surface area contributed by atoms with Crippen LogP contribution in [0.2, 0.25) is 0 Å². The van der Waals surface area contributed by atoms with E-state index in [1.807, 2.05) is 36.4 Å². The zero-order valence-corrected chi connectivity index (χ0v) is 11.8. The van der Waals surface area contributed by atoms with E-state index in [9.17, 15) is 5.11 Å². The molecule has 0 amide bonds. The monoisotopic (exact) mass is 275 g/mol. The Morgan fingerprint density at radius 2 is 1.76 bits per heavy atom. The number of pyridine rings is 1. The molecule has 2 aromatic carbocycles. The molecular formula is C19H17NO. The van der Waals surface area contributed by atoms with Crippen LogP contribution in [0.25, 0.3) is 10.9 Å². The van der Waals surface area contributed by atoms with Gasteiger partial charge in [0, 0.05) is 17.1 Å². The second-order valence-electron chi connectivity index (χ2n) is 5.75. The molecule has 21 heavy (non-hydrogen) atoms. The molecule has 1 aromatic heterocycles. The van der Waals surface area contributed by atoms with E-state index < -0.39 is 6.10 Å². The van der Waals surface area contributed by atoms with Gasteiger partial charge in [-0.2, -0.15) is 0 Å². The van der Waals surface area contributed by atoms with E-state index in [2.05, 4.69) is 17.1 Å². The first-order valence-corrected chi connectivity index (χ1v) is 7.46. The third-order valence-electron chi connectivity index (χ3n) is 4.37. The van der Waals surface area contributed by atoms with E-state index in [1.165, 1.54) is 24.0 Å². The van der Waals surface area contributed by atoms with Crippen LogP contribution in [0.4, 0.5) is 0 Å². The van der Waals surface area contributed by atoms with Crippen LogP contribution in [0.15, 0.2) is 54.7 Å². The van der Waals surface area contributed by atoms with Crippen molar-refractivity contribution in [2.75, 3.05) is 0 Å². The highest BCUT2D eigenvalue weighted by atomic mass is 16.3. The lowest BCUT2D eigenvalue weighted by Gasteiger charge is -2.13. The minimum Gasteiger partial charge on any atom is -0.384 e. The Kier molecular flexibility index (Phi) is 2.97. The van der Waals surface area contributed by atoms with Crippen molar-refractivity contribution in [3.63, 3.8) is 0 Å². The molecule has 0 fully saturated rings. The fourth-order valence-corrected chi connectivity index (χ4v) is 3.19. The number of hydrogen-bond donors (Lipinski definition) is 1. The highest BCUT2D eigenvalue weighted by molar-refractivity contribution is 5.78. The third kappa shape index (κ3) is 2.22. The number of rotatable bonds is 2. The Bertz CT molecular complexity index is 810. The molecule has 0 radical (unpaired) electrons. The van der Waals surface area contributed by atoms with Crippen molar-refractivity contribution in [1.29, 1.82) is 0 Å². The number of aliphatic hydroxyl groups excluding tert-OH is 1. The van der Waals surface area contributed by atoms with E-state index >= 15 is 0 Å². The first kappa shape index (κ1) is 12.5. The Balaban J connectivity index is 1.73. The van der Waals surface area contributed by atoms with Crippen LogP contribution < -0.4 is 0 Å². The molecule has 1 atom stereocenters. The Labute approximate surface area is 124 Å². The van der Waals surface area contributed by atoms with Crippen molar-refractivity contribution in [3.8, 4) is 0 Å². The average Bonchev–Trinajstić information content (AvgIpc) is 3.01. The molecule has 0 bridgehead atoms. The van der Waals surface area contributed by atoms with Gasteiger partial charge in [-0.05, 0) is 48.1 Å². The lowest BCUT2D eigenvalue weighted by Crippen LogP contribution is -2.01. The maximum absolute atomic E-state index is 10.6. The average molecular weight is 275 g/mol. The number of hydrogen-bond acceptors (Lipinski definition) is 2. The predicted molar refractivity (Wildman–Crippen MR) is 84.3 cm³/mol. The summed E-state index contributed by atoms with van der Waals surface area (Å²) in [6, 6.07) is 16.4. The van der Waals surface area contributed by atoms with Gasteiger partial charge in [0.05, 0.1) is 5.52 Å². The summed E-state index contributed by atoms with van der Waals surface area (Å²) in [6.45, 7) is 0. The van der Waals surface area contributed by atoms with Crippen molar-refractivity contribution in [2.45, 2.75) is 25.4 Å². The van der Waals surface area contributed by atoms with Gasteiger partial charge in [0.2, 0.25) is 0 Å². The standard InChI is InChI=1S/C19H17NO/c21-19(16-9-8-13-5-3-6-14(13)10-16)17-11-15-4-1-2-7-18(15)20-12-17/h1-2,4,7-12,19,21H,3,5-6H2. The number of para-hydroxylation sites is 1. The van der Waals surface area contributed by atoms with Crippen molar-refractivity contribution < 1.29 is 5.11 Å². The number of aryl methyl sites for hydroxylation is 2. The maximum Gasteiger partial charge on any atom is 0.106 e. The molecule has 0 saturated heterocycles. The molecule has 4 rings (SSSR count). The predicted octanol–water partition coefficient (Wildman–Crippen LogP) is 3.81. The third-order valence-corrected chi connectivity index (χ3v) is 4.37. The van der Waals surface area contributed by atoms with Gasteiger partial charge in [0.1, 0.15) is 6.10 Å². The van der Waals surface area contributed by atoms with Gasteiger partial charge >= 0.3 is 0 Å². The number of aliphatic hydroxyl groups is 1. The second kappa shape index (κ2) is 4.97. The molecule has 0 saturated carbocycles. The number of aromatic nitrogens is 1. The smallest absolute Gasteiger partial charge is 0.106 e. The summed E-state index contributed by atoms with van der Waals surface area (Å²) in [7, 11) is 0. The van der Waals surface area contributed by atoms with Crippen LogP contribution in [0, 0.1) is 0 Å². The summed E-state index contributed by atoms with van der Waals surface area (Å²) in [6.07, 6.45) is 4.70. The first-order valence-electron chi connectivity index (χ1n) is 7.46. The molecule has 1 aliphatic rings. The van der Waals surface area contributed by atoms with Crippen molar-refractivity contribution in [3.05, 3.63) is 77.0 Å². The van der Waals surface area contributed by atoms with Gasteiger partial charge < -0.3 is 5.11 Å². The van der Waals surface area contributed by atoms with Crippen LogP contribution in [0.1, 0.15) is 34.8 Å². The largest absolute Gasteiger partial charge is 0.384 e. The van der Waals surface area contributed by atoms with Crippen molar-refractivity contribution in [1.82, 2.24) is 4.98 Å². The summed E-state index contributed by atoms with van der Waals surface area (Å²) in [4.78, 5) is 4.44. The topological polar surface area (TPSA) is 33.1 Å². The van der Waals surface area contributed by atoms with Gasteiger partial charge in [-0.25, -0.2) is 0 Å². The molecule has 0 spiro atoms. The summed E-state index contributed by atoms with van der Waals surface area (Å²) >= 11 is 0. The van der Waals surface area contributed by atoms with Gasteiger partial charge in [-0.1, -0.05) is 36.4 Å². The molecule has 3 aromatic rings. The molecule has 2 nitrogen and oxygen atoms in total. The highest BCUT2D eigenvalue weighted by Gasteiger charge is 2.16. The fraction of sp³-hybridized carbons (Fsp3) is 0.211. The Morgan fingerprint density at radius 3 is 2.71 bits per heavy atom. The number of benzene rings is 2.